The molecule has 3 rings (SSSR count). The minimum atomic E-state index is -3.76. The predicted molar refractivity (Wildman–Crippen MR) is 83.2 cm³/mol. The van der Waals surface area contributed by atoms with Crippen molar-refractivity contribution in [2.45, 2.75) is 29.9 Å². The van der Waals surface area contributed by atoms with Gasteiger partial charge in [0.2, 0.25) is 10.0 Å². The zero-order chi connectivity index (χ0) is 15.7. The van der Waals surface area contributed by atoms with Crippen molar-refractivity contribution < 1.29 is 13.2 Å². The van der Waals surface area contributed by atoms with Gasteiger partial charge in [-0.05, 0) is 18.9 Å². The molecule has 1 unspecified atom stereocenters. The van der Waals surface area contributed by atoms with E-state index in [1.165, 1.54) is 25.1 Å². The Morgan fingerprint density at radius 1 is 1.50 bits per heavy atom. The highest BCUT2D eigenvalue weighted by atomic mass is 35.5. The molecule has 1 aliphatic carbocycles. The molecule has 1 saturated carbocycles. The molecule has 1 atom stereocenters. The molecule has 0 aromatic carbocycles. The summed E-state index contributed by atoms with van der Waals surface area (Å²) in [5.41, 5.74) is 5.63. The third-order valence-electron chi connectivity index (χ3n) is 3.87. The van der Waals surface area contributed by atoms with E-state index in [1.807, 2.05) is 0 Å². The Morgan fingerprint density at radius 3 is 3.00 bits per heavy atom. The maximum atomic E-state index is 12.3. The number of nitrogens with one attached hydrogen (secondary N) is 1. The molecule has 9 heteroatoms. The number of nitrogen functional groups attached to an aromatic ring is 1. The number of sulfonamides is 1. The number of hydrogen-bond donors (Lipinski definition) is 2. The first-order valence-corrected chi connectivity index (χ1v) is 9.08. The second-order valence-electron chi connectivity index (χ2n) is 5.61. The van der Waals surface area contributed by atoms with Gasteiger partial charge in [0, 0.05) is 31.9 Å². The third-order valence-corrected chi connectivity index (χ3v) is 5.53. The second kappa shape index (κ2) is 6.29. The number of rotatable bonds is 5. The fraction of sp³-hybridized carbons (Fsp3) is 0.615. The Bertz CT molecular complexity index is 651. The van der Waals surface area contributed by atoms with Crippen LogP contribution in [0.2, 0.25) is 5.02 Å². The lowest BCUT2D eigenvalue weighted by atomic mass is 10.2. The normalized spacial score (nSPS) is 23.6. The van der Waals surface area contributed by atoms with Crippen molar-refractivity contribution in [2.75, 3.05) is 32.0 Å². The number of anilines is 1. The number of ether oxygens (including phenoxy) is 1. The van der Waals surface area contributed by atoms with Gasteiger partial charge in [-0.15, -0.1) is 0 Å². The molecular weight excluding hydrogens is 328 g/mol. The maximum absolute atomic E-state index is 12.3. The minimum Gasteiger partial charge on any atom is -0.383 e. The summed E-state index contributed by atoms with van der Waals surface area (Å²) in [6, 6.07) is 1.94. The Balaban J connectivity index is 1.63. The predicted octanol–water partition coefficient (Wildman–Crippen LogP) is 0.459. The number of pyridine rings is 1. The first-order valence-electron chi connectivity index (χ1n) is 7.22. The van der Waals surface area contributed by atoms with Gasteiger partial charge in [0.15, 0.2) is 0 Å². The number of nitrogens with two attached hydrogens (primary N) is 1. The van der Waals surface area contributed by atoms with E-state index in [0.717, 1.165) is 13.1 Å². The van der Waals surface area contributed by atoms with E-state index in [2.05, 4.69) is 14.6 Å². The van der Waals surface area contributed by atoms with E-state index < -0.39 is 10.0 Å². The number of nitrogens with zero attached hydrogens (tertiary/aromatic N) is 2. The van der Waals surface area contributed by atoms with E-state index in [-0.39, 0.29) is 28.4 Å². The van der Waals surface area contributed by atoms with Crippen LogP contribution in [0.5, 0.6) is 0 Å². The number of hydrogen-bond acceptors (Lipinski definition) is 6. The van der Waals surface area contributed by atoms with E-state index in [9.17, 15) is 8.42 Å². The summed E-state index contributed by atoms with van der Waals surface area (Å²) in [5.74, 6) is -0.0685. The van der Waals surface area contributed by atoms with Crippen LogP contribution >= 0.6 is 11.6 Å². The molecule has 2 aliphatic rings. The highest BCUT2D eigenvalue weighted by molar-refractivity contribution is 7.89. The summed E-state index contributed by atoms with van der Waals surface area (Å²) in [6.45, 7) is 2.50. The Hall–Kier alpha value is -0.930. The lowest BCUT2D eigenvalue weighted by Crippen LogP contribution is -2.48. The van der Waals surface area contributed by atoms with Crippen molar-refractivity contribution in [3.05, 3.63) is 17.3 Å². The zero-order valence-electron chi connectivity index (χ0n) is 12.0. The molecule has 1 aromatic rings. The minimum absolute atomic E-state index is 0.0685. The van der Waals surface area contributed by atoms with Crippen molar-refractivity contribution in [1.29, 1.82) is 0 Å². The molecule has 0 amide bonds. The quantitative estimate of drug-likeness (QED) is 0.803. The largest absolute Gasteiger partial charge is 0.383 e. The summed E-state index contributed by atoms with van der Waals surface area (Å²) >= 11 is 5.79. The van der Waals surface area contributed by atoms with Gasteiger partial charge in [0.1, 0.15) is 10.7 Å². The molecule has 1 aromatic heterocycles. The number of morpholine rings is 1. The topological polar surface area (TPSA) is 97.5 Å². The molecule has 3 N–H and O–H groups in total. The van der Waals surface area contributed by atoms with Crippen LogP contribution in [0.1, 0.15) is 12.8 Å². The van der Waals surface area contributed by atoms with Gasteiger partial charge < -0.3 is 10.5 Å². The molecule has 2 heterocycles. The van der Waals surface area contributed by atoms with E-state index in [0.29, 0.717) is 12.6 Å². The summed E-state index contributed by atoms with van der Waals surface area (Å²) in [7, 11) is -3.76. The van der Waals surface area contributed by atoms with Crippen LogP contribution < -0.4 is 10.5 Å². The SMILES string of the molecule is Nc1ncc(Cl)cc1S(=O)(=O)NCC1CN(C2CC2)CCO1. The number of aromatic nitrogens is 1. The Morgan fingerprint density at radius 2 is 2.27 bits per heavy atom. The average Bonchev–Trinajstić information content (AvgIpc) is 3.33. The third kappa shape index (κ3) is 3.69. The fourth-order valence-electron chi connectivity index (χ4n) is 2.56. The highest BCUT2D eigenvalue weighted by Crippen LogP contribution is 2.28. The smallest absolute Gasteiger partial charge is 0.244 e. The molecule has 2 fully saturated rings. The van der Waals surface area contributed by atoms with Crippen molar-refractivity contribution in [2.24, 2.45) is 0 Å². The van der Waals surface area contributed by atoms with Gasteiger partial charge in [-0.2, -0.15) is 0 Å². The van der Waals surface area contributed by atoms with Gasteiger partial charge in [-0.3, -0.25) is 4.90 Å². The molecule has 122 valence electrons. The first-order chi connectivity index (χ1) is 10.5. The van der Waals surface area contributed by atoms with Gasteiger partial charge >= 0.3 is 0 Å². The summed E-state index contributed by atoms with van der Waals surface area (Å²) < 4.78 is 32.8. The van der Waals surface area contributed by atoms with Gasteiger partial charge in [0.25, 0.3) is 0 Å². The lowest BCUT2D eigenvalue weighted by Gasteiger charge is -2.33. The van der Waals surface area contributed by atoms with E-state index >= 15 is 0 Å². The monoisotopic (exact) mass is 346 g/mol. The van der Waals surface area contributed by atoms with Crippen LogP contribution in [0.15, 0.2) is 17.2 Å². The number of halogens is 1. The molecule has 0 bridgehead atoms. The van der Waals surface area contributed by atoms with Crippen molar-refractivity contribution in [3.8, 4) is 0 Å². The van der Waals surface area contributed by atoms with Crippen LogP contribution in [0, 0.1) is 0 Å². The van der Waals surface area contributed by atoms with E-state index in [4.69, 9.17) is 22.1 Å². The molecule has 0 spiro atoms. The van der Waals surface area contributed by atoms with Crippen LogP contribution in [0.25, 0.3) is 0 Å². The Labute approximate surface area is 134 Å². The van der Waals surface area contributed by atoms with E-state index in [1.54, 1.807) is 0 Å². The highest BCUT2D eigenvalue weighted by Gasteiger charge is 2.33. The second-order valence-corrected chi connectivity index (χ2v) is 7.78. The van der Waals surface area contributed by atoms with Crippen molar-refractivity contribution in [3.63, 3.8) is 0 Å². The molecule has 0 radical (unpaired) electrons. The van der Waals surface area contributed by atoms with Gasteiger partial charge in [-0.1, -0.05) is 11.6 Å². The van der Waals surface area contributed by atoms with Crippen molar-refractivity contribution >= 4 is 27.4 Å². The molecule has 1 aliphatic heterocycles. The lowest BCUT2D eigenvalue weighted by molar-refractivity contribution is -0.0277. The first kappa shape index (κ1) is 15.9. The maximum Gasteiger partial charge on any atom is 0.244 e. The van der Waals surface area contributed by atoms with Crippen LogP contribution in [-0.4, -0.2) is 56.7 Å². The summed E-state index contributed by atoms with van der Waals surface area (Å²) in [6.07, 6.45) is 3.61. The standard InChI is InChI=1S/C13H19ClN4O3S/c14-9-5-12(13(15)16-6-9)22(19,20)17-7-11-8-18(3-4-21-11)10-1-2-10/h5-6,10-11,17H,1-4,7-8H2,(H2,15,16). The zero-order valence-corrected chi connectivity index (χ0v) is 13.6. The summed E-state index contributed by atoms with van der Waals surface area (Å²) in [4.78, 5) is 6.03. The van der Waals surface area contributed by atoms with Crippen LogP contribution in [0.4, 0.5) is 5.82 Å². The molecule has 22 heavy (non-hydrogen) atoms. The molecule has 1 saturated heterocycles. The van der Waals surface area contributed by atoms with Gasteiger partial charge in [0.05, 0.1) is 17.7 Å². The fourth-order valence-corrected chi connectivity index (χ4v) is 3.96. The van der Waals surface area contributed by atoms with Crippen LogP contribution in [-0.2, 0) is 14.8 Å². The Kier molecular flexibility index (Phi) is 4.56. The van der Waals surface area contributed by atoms with Gasteiger partial charge in [-0.25, -0.2) is 18.1 Å². The molecular formula is C13H19ClN4O3S. The summed E-state index contributed by atoms with van der Waals surface area (Å²) in [5, 5.41) is 0.225. The van der Waals surface area contributed by atoms with Crippen LogP contribution in [0.3, 0.4) is 0 Å². The molecule has 7 nitrogen and oxygen atoms in total. The van der Waals surface area contributed by atoms with Crippen molar-refractivity contribution in [1.82, 2.24) is 14.6 Å². The average molecular weight is 347 g/mol.